The van der Waals surface area contributed by atoms with Crippen molar-refractivity contribution >= 4 is 75.1 Å². The Bertz CT molecular complexity index is 3780. The first-order chi connectivity index (χ1) is 31.3. The Labute approximate surface area is 364 Å². The normalized spacial score (nSPS) is 11.8. The number of thiophene rings is 1. The maximum atomic E-state index is 5.46. The molecule has 0 atom stereocenters. The van der Waals surface area contributed by atoms with E-state index in [1.54, 1.807) is 0 Å². The van der Waals surface area contributed by atoms with Crippen molar-refractivity contribution in [1.82, 2.24) is 34.1 Å². The van der Waals surface area contributed by atoms with E-state index in [4.69, 9.17) is 24.9 Å². The highest BCUT2D eigenvalue weighted by atomic mass is 32.1. The summed E-state index contributed by atoms with van der Waals surface area (Å²) in [5, 5.41) is 6.82. The van der Waals surface area contributed by atoms with Crippen molar-refractivity contribution in [2.75, 3.05) is 0 Å². The Morgan fingerprint density at radius 3 is 1.32 bits per heavy atom. The van der Waals surface area contributed by atoms with Gasteiger partial charge in [0.25, 0.3) is 0 Å². The van der Waals surface area contributed by atoms with Crippen molar-refractivity contribution in [3.05, 3.63) is 200 Å². The average molecular weight is 824 g/mol. The molecule has 7 nitrogen and oxygen atoms in total. The molecule has 0 bridgehead atoms. The van der Waals surface area contributed by atoms with E-state index in [0.717, 1.165) is 82.0 Å². The van der Waals surface area contributed by atoms with Gasteiger partial charge in [-0.3, -0.25) is 9.13 Å². The van der Waals surface area contributed by atoms with Crippen molar-refractivity contribution in [2.24, 2.45) is 0 Å². The molecule has 0 aliphatic carbocycles. The van der Waals surface area contributed by atoms with Crippen LogP contribution in [0.2, 0.25) is 0 Å². The lowest BCUT2D eigenvalue weighted by Crippen LogP contribution is -2.06. The van der Waals surface area contributed by atoms with E-state index < -0.39 is 0 Å². The van der Waals surface area contributed by atoms with Crippen molar-refractivity contribution in [3.63, 3.8) is 0 Å². The van der Waals surface area contributed by atoms with E-state index in [-0.39, 0.29) is 0 Å². The summed E-state index contributed by atoms with van der Waals surface area (Å²) in [4.78, 5) is 26.7. The van der Waals surface area contributed by atoms with Crippen LogP contribution >= 0.6 is 11.3 Å². The van der Waals surface area contributed by atoms with Gasteiger partial charge in [0.1, 0.15) is 0 Å². The minimum Gasteiger partial charge on any atom is -0.277 e. The predicted molar refractivity (Wildman–Crippen MR) is 259 cm³/mol. The fraction of sp³-hybridized carbons (Fsp3) is 0. The van der Waals surface area contributed by atoms with E-state index in [1.165, 1.54) is 15.5 Å². The van der Waals surface area contributed by atoms with Crippen molar-refractivity contribution in [1.29, 1.82) is 0 Å². The topological polar surface area (TPSA) is 74.3 Å². The fourth-order valence-corrected chi connectivity index (χ4v) is 10.5. The molecule has 0 amide bonds. The number of benzene rings is 8. The van der Waals surface area contributed by atoms with Gasteiger partial charge in [-0.05, 0) is 24.3 Å². The van der Waals surface area contributed by atoms with Gasteiger partial charge < -0.3 is 0 Å². The summed E-state index contributed by atoms with van der Waals surface area (Å²) < 4.78 is 6.92. The Balaban J connectivity index is 1.24. The molecule has 8 aromatic carbocycles. The second-order valence-corrected chi connectivity index (χ2v) is 16.7. The molecule has 5 aromatic heterocycles. The minimum absolute atomic E-state index is 0.545. The third kappa shape index (κ3) is 5.55. The first kappa shape index (κ1) is 35.4. The molecular weight excluding hydrogens is 791 g/mol. The molecule has 0 N–H and O–H groups in total. The largest absolute Gasteiger partial charge is 0.277 e. The predicted octanol–water partition coefficient (Wildman–Crippen LogP) is 13.9. The quantitative estimate of drug-likeness (QED) is 0.167. The van der Waals surface area contributed by atoms with E-state index in [2.05, 4.69) is 161 Å². The smallest absolute Gasteiger partial charge is 0.238 e. The van der Waals surface area contributed by atoms with E-state index in [1.807, 2.05) is 59.9 Å². The summed E-state index contributed by atoms with van der Waals surface area (Å²) in [5.74, 6) is 2.35. The van der Waals surface area contributed by atoms with Crippen molar-refractivity contribution in [2.45, 2.75) is 0 Å². The first-order valence-electron chi connectivity index (χ1n) is 20.9. The number of nitrogens with zero attached hydrogens (tertiary/aromatic N) is 7. The molecule has 0 aliphatic rings. The van der Waals surface area contributed by atoms with Gasteiger partial charge in [-0.15, -0.1) is 11.3 Å². The Morgan fingerprint density at radius 2 is 0.762 bits per heavy atom. The summed E-state index contributed by atoms with van der Waals surface area (Å²) in [5.41, 5.74) is 9.63. The number of aromatic nitrogens is 7. The van der Waals surface area contributed by atoms with E-state index in [0.29, 0.717) is 23.5 Å². The Kier molecular flexibility index (Phi) is 7.94. The van der Waals surface area contributed by atoms with Crippen molar-refractivity contribution < 1.29 is 0 Å². The van der Waals surface area contributed by atoms with Crippen LogP contribution in [0.4, 0.5) is 0 Å². The second kappa shape index (κ2) is 14.1. The molecule has 0 radical (unpaired) electrons. The molecule has 0 saturated heterocycles. The van der Waals surface area contributed by atoms with Gasteiger partial charge in [0.05, 0.1) is 38.2 Å². The zero-order valence-electron chi connectivity index (χ0n) is 33.6. The van der Waals surface area contributed by atoms with Gasteiger partial charge in [-0.1, -0.05) is 176 Å². The highest BCUT2D eigenvalue weighted by Gasteiger charge is 2.29. The molecular formula is C55H33N7S. The third-order valence-electron chi connectivity index (χ3n) is 12.0. The van der Waals surface area contributed by atoms with Gasteiger partial charge in [-0.2, -0.15) is 9.97 Å². The van der Waals surface area contributed by atoms with Gasteiger partial charge in [-0.25, -0.2) is 15.0 Å². The van der Waals surface area contributed by atoms with Crippen LogP contribution in [0.15, 0.2) is 200 Å². The lowest BCUT2D eigenvalue weighted by molar-refractivity contribution is 0.955. The monoisotopic (exact) mass is 823 g/mol. The van der Waals surface area contributed by atoms with Gasteiger partial charge in [0.15, 0.2) is 11.6 Å². The molecule has 13 rings (SSSR count). The van der Waals surface area contributed by atoms with Crippen LogP contribution in [-0.2, 0) is 0 Å². The lowest BCUT2D eigenvalue weighted by atomic mass is 10.0. The summed E-state index contributed by atoms with van der Waals surface area (Å²) in [7, 11) is 0. The number of hydrogen-bond donors (Lipinski definition) is 0. The van der Waals surface area contributed by atoms with Gasteiger partial charge in [0, 0.05) is 59.3 Å². The molecule has 8 heteroatoms. The van der Waals surface area contributed by atoms with Crippen LogP contribution in [0.25, 0.3) is 121 Å². The molecule has 13 aromatic rings. The number of rotatable bonds is 6. The molecule has 0 fully saturated rings. The lowest BCUT2D eigenvalue weighted by Gasteiger charge is -2.13. The third-order valence-corrected chi connectivity index (χ3v) is 13.2. The van der Waals surface area contributed by atoms with Gasteiger partial charge in [0.2, 0.25) is 11.9 Å². The average Bonchev–Trinajstić information content (AvgIpc) is 4.03. The van der Waals surface area contributed by atoms with Gasteiger partial charge >= 0.3 is 0 Å². The van der Waals surface area contributed by atoms with Crippen LogP contribution in [0, 0.1) is 0 Å². The highest BCUT2D eigenvalue weighted by molar-refractivity contribution is 7.27. The summed E-state index contributed by atoms with van der Waals surface area (Å²) in [6.45, 7) is 0. The summed E-state index contributed by atoms with van der Waals surface area (Å²) >= 11 is 1.81. The Hall–Kier alpha value is -8.33. The number of hydrogen-bond acceptors (Lipinski definition) is 6. The standard InChI is InChI=1S/C55H33N7S/c1-5-19-34(20-6-1)41-33-42(35-21-7-2-8-22-35)57-54(56-41)61-43-30-16-13-27-38(43)46-47-40-29-15-18-32-45(40)63-51(47)50-48(49(46)61)39-28-14-17-31-44(39)62(50)55-59-52(36-23-9-3-10-24-36)58-53(60-55)37-25-11-4-12-26-37/h1-33H. The zero-order chi connectivity index (χ0) is 41.4. The molecule has 0 saturated carbocycles. The van der Waals surface area contributed by atoms with Crippen LogP contribution in [0.5, 0.6) is 0 Å². The van der Waals surface area contributed by atoms with Crippen LogP contribution in [0.3, 0.4) is 0 Å². The molecule has 0 aliphatic heterocycles. The molecule has 0 unspecified atom stereocenters. The minimum atomic E-state index is 0.545. The second-order valence-electron chi connectivity index (χ2n) is 15.6. The Morgan fingerprint density at radius 1 is 0.333 bits per heavy atom. The maximum Gasteiger partial charge on any atom is 0.238 e. The fourth-order valence-electron chi connectivity index (χ4n) is 9.25. The summed E-state index contributed by atoms with van der Waals surface area (Å²) in [6.07, 6.45) is 0. The van der Waals surface area contributed by atoms with E-state index in [9.17, 15) is 0 Å². The first-order valence-corrected chi connectivity index (χ1v) is 21.8. The molecule has 63 heavy (non-hydrogen) atoms. The number of para-hydroxylation sites is 2. The number of fused-ring (bicyclic) bond motifs is 12. The summed E-state index contributed by atoms with van der Waals surface area (Å²) in [6, 6.07) is 69.3. The molecule has 294 valence electrons. The molecule has 0 spiro atoms. The SMILES string of the molecule is c1ccc(-c2cc(-c3ccccc3)nc(-n3c4ccccc4c4c5c6ccccc6sc5c5c(c6ccccc6n5-c5nc(-c6ccccc6)nc(-c6ccccc6)n5)c43)n2)cc1. The highest BCUT2D eigenvalue weighted by Crippen LogP contribution is 2.51. The molecule has 5 heterocycles. The van der Waals surface area contributed by atoms with Crippen molar-refractivity contribution in [3.8, 4) is 57.2 Å². The van der Waals surface area contributed by atoms with Crippen LogP contribution in [0.1, 0.15) is 0 Å². The maximum absolute atomic E-state index is 5.46. The van der Waals surface area contributed by atoms with Crippen LogP contribution in [-0.4, -0.2) is 34.1 Å². The van der Waals surface area contributed by atoms with Crippen LogP contribution < -0.4 is 0 Å². The van der Waals surface area contributed by atoms with E-state index >= 15 is 0 Å². The zero-order valence-corrected chi connectivity index (χ0v) is 34.4.